The Balaban J connectivity index is 0.00000363. The summed E-state index contributed by atoms with van der Waals surface area (Å²) in [6.45, 7) is 2.96. The average molecular weight is 541 g/mol. The van der Waals surface area contributed by atoms with Gasteiger partial charge in [-0.3, -0.25) is 9.59 Å². The van der Waals surface area contributed by atoms with Crippen LogP contribution in [0.3, 0.4) is 0 Å². The lowest BCUT2D eigenvalue weighted by molar-refractivity contribution is -0.147. The van der Waals surface area contributed by atoms with E-state index >= 15 is 0 Å². The molecule has 1 heterocycles. The average Bonchev–Trinajstić information content (AvgIpc) is 2.74. The number of aromatic nitrogens is 2. The molecule has 1 aromatic heterocycles. The Morgan fingerprint density at radius 1 is 1.03 bits per heavy atom. The van der Waals surface area contributed by atoms with Gasteiger partial charge in [-0.25, -0.2) is 4.79 Å². The molecular weight excluding hydrogens is 521 g/mol. The number of halogens is 3. The van der Waals surface area contributed by atoms with Crippen molar-refractivity contribution in [2.75, 3.05) is 6.61 Å². The number of esters is 1. The van der Waals surface area contributed by atoms with E-state index in [-0.39, 0.29) is 34.8 Å². The minimum absolute atomic E-state index is 0. The molecule has 0 bridgehead atoms. The molecule has 2 N–H and O–H groups in total. The van der Waals surface area contributed by atoms with E-state index in [2.05, 4.69) is 5.10 Å². The number of hydrogen-bond donors (Lipinski definition) is 1. The SMILES string of the molecule is Br.CCOC(=O)[C@@H](N)n1nc(-c2ccc(Cl)cc2)c(-c2ccc(Cl)cc2)c(C(C)=O)c1=O. The highest BCUT2D eigenvalue weighted by Gasteiger charge is 2.28. The van der Waals surface area contributed by atoms with E-state index in [9.17, 15) is 14.4 Å². The first-order chi connectivity index (χ1) is 14.7. The number of Topliss-reactive ketones (excluding diaryl/α,β-unsaturated/α-hetero) is 1. The highest BCUT2D eigenvalue weighted by Crippen LogP contribution is 2.33. The second-order valence-electron chi connectivity index (χ2n) is 6.62. The Hall–Kier alpha value is -2.52. The van der Waals surface area contributed by atoms with Crippen molar-refractivity contribution >= 4 is 51.9 Å². The molecule has 0 unspecified atom stereocenters. The van der Waals surface area contributed by atoms with E-state index in [1.54, 1.807) is 55.5 Å². The van der Waals surface area contributed by atoms with Gasteiger partial charge in [0.25, 0.3) is 5.56 Å². The van der Waals surface area contributed by atoms with Crippen LogP contribution >= 0.6 is 40.2 Å². The van der Waals surface area contributed by atoms with E-state index in [4.69, 9.17) is 33.7 Å². The molecule has 0 saturated heterocycles. The summed E-state index contributed by atoms with van der Waals surface area (Å²) >= 11 is 12.0. The number of nitrogens with zero attached hydrogens (tertiary/aromatic N) is 2. The van der Waals surface area contributed by atoms with Crippen LogP contribution < -0.4 is 11.3 Å². The van der Waals surface area contributed by atoms with Crippen molar-refractivity contribution in [3.8, 4) is 22.4 Å². The van der Waals surface area contributed by atoms with Crippen molar-refractivity contribution in [1.82, 2.24) is 9.78 Å². The fraction of sp³-hybridized carbons (Fsp3) is 0.182. The number of ether oxygens (including phenoxy) is 1. The van der Waals surface area contributed by atoms with Gasteiger partial charge < -0.3 is 10.5 Å². The molecule has 0 aliphatic heterocycles. The van der Waals surface area contributed by atoms with Crippen LogP contribution in [0.1, 0.15) is 30.4 Å². The molecule has 3 rings (SSSR count). The zero-order chi connectivity index (χ0) is 22.7. The number of carbonyl (C=O) groups excluding carboxylic acids is 2. The normalized spacial score (nSPS) is 11.4. The van der Waals surface area contributed by atoms with Crippen molar-refractivity contribution in [2.45, 2.75) is 20.0 Å². The topological polar surface area (TPSA) is 104 Å². The van der Waals surface area contributed by atoms with Gasteiger partial charge in [0.2, 0.25) is 6.17 Å². The second-order valence-corrected chi connectivity index (χ2v) is 7.49. The Labute approximate surface area is 204 Å². The van der Waals surface area contributed by atoms with Crippen LogP contribution in [-0.2, 0) is 9.53 Å². The summed E-state index contributed by atoms with van der Waals surface area (Å²) in [4.78, 5) is 38.0. The Morgan fingerprint density at radius 3 is 2.00 bits per heavy atom. The highest BCUT2D eigenvalue weighted by molar-refractivity contribution is 8.93. The fourth-order valence-corrected chi connectivity index (χ4v) is 3.35. The lowest BCUT2D eigenvalue weighted by Crippen LogP contribution is -2.40. The first-order valence-corrected chi connectivity index (χ1v) is 10.1. The molecule has 0 radical (unpaired) electrons. The van der Waals surface area contributed by atoms with Gasteiger partial charge in [0, 0.05) is 21.2 Å². The maximum absolute atomic E-state index is 13.2. The summed E-state index contributed by atoms with van der Waals surface area (Å²) in [5.41, 5.74) is 6.72. The van der Waals surface area contributed by atoms with Gasteiger partial charge >= 0.3 is 5.97 Å². The third-order valence-electron chi connectivity index (χ3n) is 4.51. The van der Waals surface area contributed by atoms with Crippen LogP contribution in [0.2, 0.25) is 10.0 Å². The van der Waals surface area contributed by atoms with Gasteiger partial charge in [0.1, 0.15) is 0 Å². The van der Waals surface area contributed by atoms with Crippen LogP contribution in [-0.4, -0.2) is 28.1 Å². The Bertz CT molecular complexity index is 1200. The summed E-state index contributed by atoms with van der Waals surface area (Å²) in [5, 5.41) is 5.36. The Kier molecular flexibility index (Phi) is 8.74. The van der Waals surface area contributed by atoms with Crippen molar-refractivity contribution < 1.29 is 14.3 Å². The molecule has 0 spiro atoms. The Morgan fingerprint density at radius 2 is 1.53 bits per heavy atom. The monoisotopic (exact) mass is 539 g/mol. The van der Waals surface area contributed by atoms with E-state index in [1.807, 2.05) is 0 Å². The largest absolute Gasteiger partial charge is 0.463 e. The number of nitrogens with two attached hydrogens (primary N) is 1. The van der Waals surface area contributed by atoms with Crippen molar-refractivity contribution in [3.05, 3.63) is 74.5 Å². The van der Waals surface area contributed by atoms with Crippen LogP contribution in [0.5, 0.6) is 0 Å². The second kappa shape index (κ2) is 10.9. The molecule has 32 heavy (non-hydrogen) atoms. The quantitative estimate of drug-likeness (QED) is 0.359. The van der Waals surface area contributed by atoms with Crippen LogP contribution in [0.4, 0.5) is 0 Å². The number of carbonyl (C=O) groups is 2. The van der Waals surface area contributed by atoms with E-state index in [0.29, 0.717) is 26.7 Å². The number of benzene rings is 2. The number of rotatable bonds is 6. The molecule has 0 aliphatic rings. The summed E-state index contributed by atoms with van der Waals surface area (Å²) in [6, 6.07) is 13.3. The zero-order valence-electron chi connectivity index (χ0n) is 17.2. The summed E-state index contributed by atoms with van der Waals surface area (Å²) in [6.07, 6.45) is -1.52. The maximum Gasteiger partial charge on any atom is 0.345 e. The van der Waals surface area contributed by atoms with Gasteiger partial charge in [-0.05, 0) is 43.7 Å². The fourth-order valence-electron chi connectivity index (χ4n) is 3.09. The molecule has 0 amide bonds. The van der Waals surface area contributed by atoms with E-state index in [1.165, 1.54) is 6.92 Å². The highest BCUT2D eigenvalue weighted by atomic mass is 79.9. The first-order valence-electron chi connectivity index (χ1n) is 9.36. The van der Waals surface area contributed by atoms with Crippen LogP contribution in [0.15, 0.2) is 53.3 Å². The standard InChI is InChI=1S/C22H19Cl2N3O4.BrH/c1-3-31-22(30)20(25)27-21(29)17(12(2)28)18(13-4-8-15(23)9-5-13)19(26-27)14-6-10-16(24)11-7-14;/h4-11,20H,3,25H2,1-2H3;1H/t20-;/m0./s1. The minimum Gasteiger partial charge on any atom is -0.463 e. The predicted molar refractivity (Wildman–Crippen MR) is 130 cm³/mol. The third-order valence-corrected chi connectivity index (χ3v) is 5.01. The van der Waals surface area contributed by atoms with Gasteiger partial charge in [-0.2, -0.15) is 9.78 Å². The summed E-state index contributed by atoms with van der Waals surface area (Å²) in [5.74, 6) is -1.34. The molecule has 10 heteroatoms. The van der Waals surface area contributed by atoms with Crippen molar-refractivity contribution in [3.63, 3.8) is 0 Å². The molecule has 168 valence electrons. The lowest BCUT2D eigenvalue weighted by atomic mass is 9.94. The van der Waals surface area contributed by atoms with Crippen molar-refractivity contribution in [2.24, 2.45) is 5.73 Å². The number of hydrogen-bond acceptors (Lipinski definition) is 6. The van der Waals surface area contributed by atoms with E-state index in [0.717, 1.165) is 4.68 Å². The maximum atomic E-state index is 13.2. The third kappa shape index (κ3) is 5.27. The van der Waals surface area contributed by atoms with Gasteiger partial charge in [0.15, 0.2) is 5.78 Å². The molecular formula is C22H20BrCl2N3O4. The molecule has 2 aromatic carbocycles. The van der Waals surface area contributed by atoms with Gasteiger partial charge in [-0.1, -0.05) is 47.5 Å². The minimum atomic E-state index is -1.52. The summed E-state index contributed by atoms with van der Waals surface area (Å²) < 4.78 is 5.70. The molecule has 0 aliphatic carbocycles. The molecule has 7 nitrogen and oxygen atoms in total. The van der Waals surface area contributed by atoms with Crippen LogP contribution in [0.25, 0.3) is 22.4 Å². The van der Waals surface area contributed by atoms with Gasteiger partial charge in [0.05, 0.1) is 17.9 Å². The molecule has 0 fully saturated rings. The summed E-state index contributed by atoms with van der Waals surface area (Å²) in [7, 11) is 0. The van der Waals surface area contributed by atoms with Gasteiger partial charge in [-0.15, -0.1) is 17.0 Å². The van der Waals surface area contributed by atoms with Crippen LogP contribution in [0, 0.1) is 0 Å². The molecule has 3 aromatic rings. The van der Waals surface area contributed by atoms with E-state index < -0.39 is 23.5 Å². The molecule has 0 saturated carbocycles. The predicted octanol–water partition coefficient (Wildman–Crippen LogP) is 4.69. The first kappa shape index (κ1) is 25.7. The lowest BCUT2D eigenvalue weighted by Gasteiger charge is -2.19. The molecule has 1 atom stereocenters. The number of ketones is 1. The zero-order valence-corrected chi connectivity index (χ0v) is 20.4. The smallest absolute Gasteiger partial charge is 0.345 e. The van der Waals surface area contributed by atoms with Crippen molar-refractivity contribution in [1.29, 1.82) is 0 Å².